The average molecular weight is 473 g/mol. The van der Waals surface area contributed by atoms with Crippen LogP contribution in [-0.4, -0.2) is 48.1 Å². The van der Waals surface area contributed by atoms with Crippen molar-refractivity contribution in [2.24, 2.45) is 11.0 Å². The Balaban J connectivity index is 1.44. The number of aliphatic hydroxyl groups is 1. The summed E-state index contributed by atoms with van der Waals surface area (Å²) in [6, 6.07) is 13.6. The molecule has 4 N–H and O–H groups in total. The van der Waals surface area contributed by atoms with Crippen molar-refractivity contribution in [3.8, 4) is 5.75 Å². The van der Waals surface area contributed by atoms with E-state index in [1.54, 1.807) is 0 Å². The van der Waals surface area contributed by atoms with Gasteiger partial charge in [-0.25, -0.2) is 5.43 Å². The Morgan fingerprint density at radius 3 is 2.67 bits per heavy atom. The number of hydrogen-bond donors (Lipinski definition) is 4. The van der Waals surface area contributed by atoms with Crippen LogP contribution in [0, 0.1) is 12.8 Å². The fraction of sp³-hybridized carbons (Fsp3) is 0.440. The van der Waals surface area contributed by atoms with Crippen LogP contribution in [-0.2, 0) is 4.79 Å². The molecule has 2 unspecified atom stereocenters. The highest BCUT2D eigenvalue weighted by Crippen LogP contribution is 2.25. The van der Waals surface area contributed by atoms with Gasteiger partial charge in [0.1, 0.15) is 18.5 Å². The Kier molecular flexibility index (Phi) is 8.35. The Morgan fingerprint density at radius 2 is 2.00 bits per heavy atom. The summed E-state index contributed by atoms with van der Waals surface area (Å²) in [6.07, 6.45) is -0.215. The van der Waals surface area contributed by atoms with Crippen molar-refractivity contribution in [3.05, 3.63) is 58.6 Å². The molecule has 0 saturated heterocycles. The zero-order valence-electron chi connectivity index (χ0n) is 19.6. The number of halogens is 1. The summed E-state index contributed by atoms with van der Waals surface area (Å²) in [4.78, 5) is 11.4. The molecule has 0 aromatic heterocycles. The minimum absolute atomic E-state index is 0.0464. The summed E-state index contributed by atoms with van der Waals surface area (Å²) in [7, 11) is 0. The molecule has 2 atom stereocenters. The second kappa shape index (κ2) is 11.0. The van der Waals surface area contributed by atoms with Crippen LogP contribution in [0.5, 0.6) is 5.75 Å². The lowest BCUT2D eigenvalue weighted by Crippen LogP contribution is -2.49. The number of amides is 1. The van der Waals surface area contributed by atoms with Gasteiger partial charge in [-0.3, -0.25) is 4.79 Å². The Morgan fingerprint density at radius 1 is 1.27 bits per heavy atom. The van der Waals surface area contributed by atoms with Crippen molar-refractivity contribution in [2.45, 2.75) is 45.8 Å². The zero-order valence-corrected chi connectivity index (χ0v) is 20.4. The first-order valence-electron chi connectivity index (χ1n) is 11.2. The largest absolute Gasteiger partial charge is 0.489 e. The molecule has 7 nitrogen and oxygen atoms in total. The second-order valence-corrected chi connectivity index (χ2v) is 9.64. The van der Waals surface area contributed by atoms with Gasteiger partial charge in [-0.2, -0.15) is 5.10 Å². The van der Waals surface area contributed by atoms with Gasteiger partial charge in [0, 0.05) is 36.7 Å². The van der Waals surface area contributed by atoms with Gasteiger partial charge in [-0.1, -0.05) is 36.7 Å². The third-order valence-electron chi connectivity index (χ3n) is 5.51. The van der Waals surface area contributed by atoms with Crippen molar-refractivity contribution < 1.29 is 14.6 Å². The third-order valence-corrected chi connectivity index (χ3v) is 5.80. The number of nitrogens with one attached hydrogen (secondary N) is 3. The number of anilines is 1. The number of benzene rings is 2. The number of aryl methyl sites for hydroxylation is 1. The summed E-state index contributed by atoms with van der Waals surface area (Å²) in [6.45, 7) is 9.32. The molecular weight excluding hydrogens is 440 g/mol. The number of ether oxygens (including phenoxy) is 1. The first-order valence-corrected chi connectivity index (χ1v) is 11.5. The van der Waals surface area contributed by atoms with E-state index in [1.807, 2.05) is 56.3 Å². The monoisotopic (exact) mass is 472 g/mol. The van der Waals surface area contributed by atoms with E-state index in [9.17, 15) is 9.90 Å². The predicted octanol–water partition coefficient (Wildman–Crippen LogP) is 3.73. The topological polar surface area (TPSA) is 95.0 Å². The molecule has 33 heavy (non-hydrogen) atoms. The van der Waals surface area contributed by atoms with Crippen LogP contribution in [0.4, 0.5) is 5.69 Å². The highest BCUT2D eigenvalue weighted by Gasteiger charge is 2.22. The van der Waals surface area contributed by atoms with Crippen LogP contribution in [0.15, 0.2) is 47.6 Å². The predicted molar refractivity (Wildman–Crippen MR) is 133 cm³/mol. The molecule has 0 radical (unpaired) electrons. The highest BCUT2D eigenvalue weighted by molar-refractivity contribution is 6.32. The van der Waals surface area contributed by atoms with Gasteiger partial charge in [0.25, 0.3) is 0 Å². The molecule has 0 fully saturated rings. The zero-order chi connectivity index (χ0) is 24.0. The number of β-amino-alcohol motifs (C(OH)–C–C–N with tert-alkyl or cyclic N) is 1. The minimum atomic E-state index is -0.667. The molecule has 1 amide bonds. The Bertz CT molecular complexity index is 992. The molecule has 1 aliphatic rings. The van der Waals surface area contributed by atoms with Crippen molar-refractivity contribution in [3.63, 3.8) is 0 Å². The number of aliphatic hydroxyl groups excluding tert-OH is 1. The van der Waals surface area contributed by atoms with Crippen molar-refractivity contribution in [1.29, 1.82) is 0 Å². The van der Waals surface area contributed by atoms with E-state index in [0.29, 0.717) is 30.3 Å². The van der Waals surface area contributed by atoms with Gasteiger partial charge in [0.05, 0.1) is 10.7 Å². The molecule has 1 aliphatic heterocycles. The summed E-state index contributed by atoms with van der Waals surface area (Å²) in [5.41, 5.74) is 6.24. The molecule has 0 spiro atoms. The normalized spacial score (nSPS) is 17.2. The lowest BCUT2D eigenvalue weighted by Gasteiger charge is -2.28. The number of carbonyl (C=O) groups is 1. The number of carbonyl (C=O) groups excluding carboxylic acids is 1. The van der Waals surface area contributed by atoms with E-state index >= 15 is 0 Å². The van der Waals surface area contributed by atoms with E-state index in [-0.39, 0.29) is 24.0 Å². The third kappa shape index (κ3) is 7.45. The maximum Gasteiger partial charge on any atom is 0.240 e. The van der Waals surface area contributed by atoms with Gasteiger partial charge in [-0.05, 0) is 56.2 Å². The fourth-order valence-corrected chi connectivity index (χ4v) is 3.80. The van der Waals surface area contributed by atoms with E-state index in [4.69, 9.17) is 16.3 Å². The standard InChI is InChI=1S/C25H33ClN4O3/c1-16-5-10-22(21(26)11-16)33-14-20(31)13-28-25(3,4)15-27-19-8-6-18(7-9-19)24-17(2)12-23(32)29-30-24/h5-11,17,20,27-28,31H,12-15H2,1-4H3,(H,29,32). The van der Waals surface area contributed by atoms with Crippen LogP contribution >= 0.6 is 11.6 Å². The van der Waals surface area contributed by atoms with Crippen LogP contribution in [0.25, 0.3) is 0 Å². The first kappa shape index (κ1) is 25.0. The van der Waals surface area contributed by atoms with Crippen LogP contribution in [0.2, 0.25) is 5.02 Å². The van der Waals surface area contributed by atoms with E-state index in [1.165, 1.54) is 0 Å². The maximum absolute atomic E-state index is 11.4. The van der Waals surface area contributed by atoms with E-state index < -0.39 is 6.10 Å². The second-order valence-electron chi connectivity index (χ2n) is 9.23. The molecule has 0 saturated carbocycles. The maximum atomic E-state index is 11.4. The number of hydrogen-bond acceptors (Lipinski definition) is 6. The molecular formula is C25H33ClN4O3. The number of nitrogens with zero attached hydrogens (tertiary/aromatic N) is 1. The average Bonchev–Trinajstić information content (AvgIpc) is 2.76. The molecule has 0 bridgehead atoms. The highest BCUT2D eigenvalue weighted by atomic mass is 35.5. The minimum Gasteiger partial charge on any atom is -0.489 e. The SMILES string of the molecule is Cc1ccc(OCC(O)CNC(C)(C)CNc2ccc(C3=NNC(=O)CC3C)cc2)c(Cl)c1. The number of hydrazone groups is 1. The Labute approximate surface area is 200 Å². The first-order chi connectivity index (χ1) is 15.6. The molecule has 3 rings (SSSR count). The molecule has 1 heterocycles. The van der Waals surface area contributed by atoms with Gasteiger partial charge in [0.15, 0.2) is 0 Å². The van der Waals surface area contributed by atoms with Crippen LogP contribution in [0.1, 0.15) is 38.3 Å². The van der Waals surface area contributed by atoms with Crippen molar-refractivity contribution in [1.82, 2.24) is 10.7 Å². The summed E-state index contributed by atoms with van der Waals surface area (Å²) in [5.74, 6) is 0.620. The number of rotatable bonds is 10. The molecule has 178 valence electrons. The molecule has 2 aromatic rings. The lowest BCUT2D eigenvalue weighted by atomic mass is 9.94. The quantitative estimate of drug-likeness (QED) is 0.422. The van der Waals surface area contributed by atoms with Gasteiger partial charge in [-0.15, -0.1) is 0 Å². The Hall–Kier alpha value is -2.61. The molecule has 0 aliphatic carbocycles. The van der Waals surface area contributed by atoms with Gasteiger partial charge in [0.2, 0.25) is 5.91 Å². The van der Waals surface area contributed by atoms with Crippen LogP contribution in [0.3, 0.4) is 0 Å². The molecule has 2 aromatic carbocycles. The summed E-state index contributed by atoms with van der Waals surface area (Å²) >= 11 is 6.18. The molecule has 8 heteroatoms. The summed E-state index contributed by atoms with van der Waals surface area (Å²) in [5, 5.41) is 21.9. The van der Waals surface area contributed by atoms with Gasteiger partial charge >= 0.3 is 0 Å². The van der Waals surface area contributed by atoms with E-state index in [0.717, 1.165) is 22.5 Å². The smallest absolute Gasteiger partial charge is 0.240 e. The lowest BCUT2D eigenvalue weighted by molar-refractivity contribution is -0.121. The van der Waals surface area contributed by atoms with Crippen molar-refractivity contribution in [2.75, 3.05) is 25.0 Å². The van der Waals surface area contributed by atoms with Crippen LogP contribution < -0.4 is 20.8 Å². The summed E-state index contributed by atoms with van der Waals surface area (Å²) < 4.78 is 5.65. The fourth-order valence-electron chi connectivity index (χ4n) is 3.51. The van der Waals surface area contributed by atoms with Crippen molar-refractivity contribution >= 4 is 28.9 Å². The van der Waals surface area contributed by atoms with E-state index in [2.05, 4.69) is 35.0 Å². The van der Waals surface area contributed by atoms with Gasteiger partial charge < -0.3 is 20.5 Å².